The zero-order chi connectivity index (χ0) is 11.0. The molecule has 0 aliphatic heterocycles. The molecule has 1 heterocycles. The lowest BCUT2D eigenvalue weighted by Gasteiger charge is -2.03. The molecule has 0 aliphatic rings. The first kappa shape index (κ1) is 9.61. The Morgan fingerprint density at radius 3 is 2.50 bits per heavy atom. The van der Waals surface area contributed by atoms with E-state index in [-0.39, 0.29) is 0 Å². The van der Waals surface area contributed by atoms with E-state index in [1.54, 1.807) is 0 Å². The molecule has 0 aliphatic carbocycles. The number of hydrogen-bond acceptors (Lipinski definition) is 1. The molecule has 0 spiro atoms. The minimum Gasteiger partial charge on any atom is -0.143 e. The highest BCUT2D eigenvalue weighted by molar-refractivity contribution is 7.18. The number of thiophene rings is 1. The first-order valence-electron chi connectivity index (χ1n) is 5.38. The second-order valence-corrected chi connectivity index (χ2v) is 4.85. The van der Waals surface area contributed by atoms with E-state index >= 15 is 0 Å². The summed E-state index contributed by atoms with van der Waals surface area (Å²) in [5.74, 6) is 0. The van der Waals surface area contributed by atoms with Crippen molar-refractivity contribution in [2.45, 2.75) is 6.92 Å². The van der Waals surface area contributed by atoms with Crippen molar-refractivity contribution in [3.8, 4) is 11.1 Å². The molecule has 0 bridgehead atoms. The van der Waals surface area contributed by atoms with Gasteiger partial charge in [0.25, 0.3) is 0 Å². The van der Waals surface area contributed by atoms with Gasteiger partial charge in [0.15, 0.2) is 0 Å². The smallest absolute Gasteiger partial charge is 0.0423 e. The maximum Gasteiger partial charge on any atom is 0.0423 e. The van der Waals surface area contributed by atoms with Gasteiger partial charge in [-0.25, -0.2) is 0 Å². The molecule has 0 radical (unpaired) electrons. The van der Waals surface area contributed by atoms with E-state index in [2.05, 4.69) is 60.8 Å². The molecule has 0 fully saturated rings. The molecule has 0 amide bonds. The topological polar surface area (TPSA) is 0 Å². The third-order valence-corrected chi connectivity index (χ3v) is 4.03. The molecule has 16 heavy (non-hydrogen) atoms. The van der Waals surface area contributed by atoms with E-state index < -0.39 is 0 Å². The van der Waals surface area contributed by atoms with E-state index in [0.717, 1.165) is 0 Å². The van der Waals surface area contributed by atoms with E-state index in [1.807, 2.05) is 11.3 Å². The van der Waals surface area contributed by atoms with Crippen molar-refractivity contribution in [3.05, 3.63) is 59.5 Å². The maximum absolute atomic E-state index is 2.23. The quantitative estimate of drug-likeness (QED) is 0.553. The first-order valence-corrected chi connectivity index (χ1v) is 6.26. The molecular weight excluding hydrogens is 212 g/mol. The van der Waals surface area contributed by atoms with Crippen LogP contribution in [0.2, 0.25) is 0 Å². The van der Waals surface area contributed by atoms with Gasteiger partial charge in [-0.05, 0) is 34.4 Å². The molecule has 3 rings (SSSR count). The van der Waals surface area contributed by atoms with Crippen LogP contribution in [0.5, 0.6) is 0 Å². The molecule has 0 atom stereocenters. The van der Waals surface area contributed by atoms with Crippen LogP contribution < -0.4 is 0 Å². The third-order valence-electron chi connectivity index (χ3n) is 2.88. The Kier molecular flexibility index (Phi) is 2.26. The predicted octanol–water partition coefficient (Wildman–Crippen LogP) is 4.88. The first-order chi connectivity index (χ1) is 7.86. The summed E-state index contributed by atoms with van der Waals surface area (Å²) in [6.45, 7) is 2.17. The zero-order valence-corrected chi connectivity index (χ0v) is 9.92. The third kappa shape index (κ3) is 1.44. The van der Waals surface area contributed by atoms with Gasteiger partial charge in [-0.2, -0.15) is 0 Å². The lowest BCUT2D eigenvalue weighted by atomic mass is 10.0. The van der Waals surface area contributed by atoms with E-state index in [0.29, 0.717) is 0 Å². The minimum absolute atomic E-state index is 1.30. The largest absolute Gasteiger partial charge is 0.143 e. The van der Waals surface area contributed by atoms with Crippen molar-refractivity contribution >= 4 is 21.4 Å². The Morgan fingerprint density at radius 2 is 1.69 bits per heavy atom. The fourth-order valence-electron chi connectivity index (χ4n) is 2.03. The molecule has 0 saturated heterocycles. The van der Waals surface area contributed by atoms with Gasteiger partial charge < -0.3 is 0 Å². The van der Waals surface area contributed by atoms with Crippen LogP contribution in [0.15, 0.2) is 53.9 Å². The molecule has 0 saturated carbocycles. The molecule has 3 aromatic rings. The van der Waals surface area contributed by atoms with Gasteiger partial charge in [0, 0.05) is 4.70 Å². The molecule has 78 valence electrons. The average Bonchev–Trinajstić information content (AvgIpc) is 2.73. The number of hydrogen-bond donors (Lipinski definition) is 0. The van der Waals surface area contributed by atoms with Crippen LogP contribution in [0.1, 0.15) is 5.56 Å². The van der Waals surface area contributed by atoms with Gasteiger partial charge in [-0.3, -0.25) is 0 Å². The van der Waals surface area contributed by atoms with E-state index in [9.17, 15) is 0 Å². The summed E-state index contributed by atoms with van der Waals surface area (Å²) < 4.78 is 1.39. The fraction of sp³-hybridized carbons (Fsp3) is 0.0667. The Balaban J connectivity index is 2.32. The van der Waals surface area contributed by atoms with Gasteiger partial charge in [-0.15, -0.1) is 11.3 Å². The van der Waals surface area contributed by atoms with Crippen LogP contribution in [-0.2, 0) is 0 Å². The summed E-state index contributed by atoms with van der Waals surface area (Å²) in [5.41, 5.74) is 4.02. The SMILES string of the molecule is Cc1csc2c(-c3ccccc3)cccc12. The van der Waals surface area contributed by atoms with Crippen LogP contribution in [0.3, 0.4) is 0 Å². The number of aryl methyl sites for hydroxylation is 1. The molecule has 1 aromatic heterocycles. The highest BCUT2D eigenvalue weighted by Crippen LogP contribution is 2.34. The maximum atomic E-state index is 2.23. The van der Waals surface area contributed by atoms with E-state index in [4.69, 9.17) is 0 Å². The Labute approximate surface area is 99.2 Å². The van der Waals surface area contributed by atoms with Crippen LogP contribution >= 0.6 is 11.3 Å². The summed E-state index contributed by atoms with van der Waals surface area (Å²) in [6.07, 6.45) is 0. The second kappa shape index (κ2) is 3.76. The zero-order valence-electron chi connectivity index (χ0n) is 9.10. The summed E-state index contributed by atoms with van der Waals surface area (Å²) in [5, 5.41) is 3.61. The number of rotatable bonds is 1. The average molecular weight is 224 g/mol. The minimum atomic E-state index is 1.30. The van der Waals surface area contributed by atoms with Crippen LogP contribution in [0.25, 0.3) is 21.2 Å². The van der Waals surface area contributed by atoms with Gasteiger partial charge in [0.1, 0.15) is 0 Å². The van der Waals surface area contributed by atoms with Gasteiger partial charge in [0.2, 0.25) is 0 Å². The van der Waals surface area contributed by atoms with Crippen molar-refractivity contribution in [3.63, 3.8) is 0 Å². The number of benzene rings is 2. The van der Waals surface area contributed by atoms with E-state index in [1.165, 1.54) is 26.8 Å². The Hall–Kier alpha value is -1.60. The highest BCUT2D eigenvalue weighted by atomic mass is 32.1. The van der Waals surface area contributed by atoms with Crippen LogP contribution in [0, 0.1) is 6.92 Å². The van der Waals surface area contributed by atoms with Crippen molar-refractivity contribution < 1.29 is 0 Å². The highest BCUT2D eigenvalue weighted by Gasteiger charge is 2.06. The van der Waals surface area contributed by atoms with Gasteiger partial charge in [0.05, 0.1) is 0 Å². The predicted molar refractivity (Wildman–Crippen MR) is 72.0 cm³/mol. The molecule has 1 heteroatoms. The molecule has 0 nitrogen and oxygen atoms in total. The molecule has 2 aromatic carbocycles. The lowest BCUT2D eigenvalue weighted by Crippen LogP contribution is -1.77. The monoisotopic (exact) mass is 224 g/mol. The fourth-order valence-corrected chi connectivity index (χ4v) is 3.12. The molecular formula is C15H12S. The van der Waals surface area contributed by atoms with Gasteiger partial charge in [-0.1, -0.05) is 48.5 Å². The number of fused-ring (bicyclic) bond motifs is 1. The van der Waals surface area contributed by atoms with Crippen molar-refractivity contribution in [2.24, 2.45) is 0 Å². The summed E-state index contributed by atoms with van der Waals surface area (Å²) in [4.78, 5) is 0. The van der Waals surface area contributed by atoms with Crippen LogP contribution in [-0.4, -0.2) is 0 Å². The second-order valence-electron chi connectivity index (χ2n) is 3.97. The standard InChI is InChI=1S/C15H12S/c1-11-10-16-15-13(11)8-5-9-14(15)12-6-3-2-4-7-12/h2-10H,1H3. The summed E-state index contributed by atoms with van der Waals surface area (Å²) in [6, 6.07) is 17.1. The summed E-state index contributed by atoms with van der Waals surface area (Å²) in [7, 11) is 0. The van der Waals surface area contributed by atoms with Crippen molar-refractivity contribution in [1.29, 1.82) is 0 Å². The Bertz CT molecular complexity index is 620. The van der Waals surface area contributed by atoms with Crippen molar-refractivity contribution in [1.82, 2.24) is 0 Å². The normalized spacial score (nSPS) is 10.8. The Morgan fingerprint density at radius 1 is 0.875 bits per heavy atom. The lowest BCUT2D eigenvalue weighted by molar-refractivity contribution is 1.59. The van der Waals surface area contributed by atoms with Crippen molar-refractivity contribution in [2.75, 3.05) is 0 Å². The van der Waals surface area contributed by atoms with Crippen LogP contribution in [0.4, 0.5) is 0 Å². The summed E-state index contributed by atoms with van der Waals surface area (Å²) >= 11 is 1.84. The van der Waals surface area contributed by atoms with Gasteiger partial charge >= 0.3 is 0 Å². The molecule has 0 unspecified atom stereocenters. The molecule has 0 N–H and O–H groups in total.